The Morgan fingerprint density at radius 2 is 1.97 bits per heavy atom. The van der Waals surface area contributed by atoms with Crippen molar-refractivity contribution < 1.29 is 4.79 Å². The summed E-state index contributed by atoms with van der Waals surface area (Å²) in [5, 5.41) is 9.96. The topological polar surface area (TPSA) is 88.9 Å². The van der Waals surface area contributed by atoms with Crippen LogP contribution in [0.25, 0.3) is 11.0 Å². The molecule has 2 aliphatic rings. The van der Waals surface area contributed by atoms with Crippen LogP contribution in [0.1, 0.15) is 30.4 Å². The molecule has 1 aliphatic heterocycles. The third-order valence-corrected chi connectivity index (χ3v) is 6.35. The number of benzene rings is 1. The van der Waals surface area contributed by atoms with Crippen LogP contribution in [0.15, 0.2) is 42.9 Å². The van der Waals surface area contributed by atoms with Gasteiger partial charge in [0.1, 0.15) is 17.8 Å². The molecule has 1 N–H and O–H groups in total. The molecule has 0 bridgehead atoms. The lowest BCUT2D eigenvalue weighted by Gasteiger charge is -2.25. The number of amides is 1. The number of hydrogen-bond donors (Lipinski definition) is 1. The van der Waals surface area contributed by atoms with Crippen molar-refractivity contribution in [3.63, 3.8) is 0 Å². The molecule has 1 spiro atoms. The van der Waals surface area contributed by atoms with Crippen LogP contribution in [0.5, 0.6) is 0 Å². The molecule has 7 heteroatoms. The van der Waals surface area contributed by atoms with Crippen LogP contribution in [0.4, 0.5) is 5.82 Å². The van der Waals surface area contributed by atoms with E-state index in [2.05, 4.69) is 25.9 Å². The number of H-pyrrole nitrogens is 1. The standard InChI is InChI=1S/C23H24N6O/c24-13-18-3-1-17(2-4-18)5-6-20(30)28-11-12-29(15-23(14-28)8-9-23)22-19-7-10-25-21(19)26-16-27-22/h1-4,7,10,16H,5-6,8-9,11-12,14-15H2,(H,25,26,27). The predicted octanol–water partition coefficient (Wildman–Crippen LogP) is 2.89. The number of aryl methyl sites for hydroxylation is 1. The van der Waals surface area contributed by atoms with Crippen molar-refractivity contribution in [3.8, 4) is 6.07 Å². The number of rotatable bonds is 4. The molecule has 30 heavy (non-hydrogen) atoms. The molecule has 1 saturated heterocycles. The number of aromatic amines is 1. The molecular weight excluding hydrogens is 376 g/mol. The zero-order chi connectivity index (χ0) is 20.6. The average molecular weight is 400 g/mol. The Hall–Kier alpha value is -3.40. The summed E-state index contributed by atoms with van der Waals surface area (Å²) in [4.78, 5) is 29.4. The van der Waals surface area contributed by atoms with Crippen LogP contribution in [-0.4, -0.2) is 51.9 Å². The van der Waals surface area contributed by atoms with Crippen LogP contribution in [0, 0.1) is 16.7 Å². The molecule has 0 atom stereocenters. The first-order valence-corrected chi connectivity index (χ1v) is 10.5. The van der Waals surface area contributed by atoms with Crippen molar-refractivity contribution in [2.45, 2.75) is 25.7 Å². The molecule has 152 valence electrons. The maximum Gasteiger partial charge on any atom is 0.222 e. The van der Waals surface area contributed by atoms with Gasteiger partial charge in [0, 0.05) is 44.2 Å². The Kier molecular flexibility index (Phi) is 4.62. The fraction of sp³-hybridized carbons (Fsp3) is 0.391. The minimum absolute atomic E-state index is 0.189. The smallest absolute Gasteiger partial charge is 0.222 e. The second-order valence-electron chi connectivity index (χ2n) is 8.48. The summed E-state index contributed by atoms with van der Waals surface area (Å²) in [6.45, 7) is 3.26. The Balaban J connectivity index is 1.28. The van der Waals surface area contributed by atoms with Gasteiger partial charge in [-0.1, -0.05) is 12.1 Å². The van der Waals surface area contributed by atoms with E-state index in [4.69, 9.17) is 5.26 Å². The first-order chi connectivity index (χ1) is 14.7. The van der Waals surface area contributed by atoms with Gasteiger partial charge < -0.3 is 14.8 Å². The summed E-state index contributed by atoms with van der Waals surface area (Å²) >= 11 is 0. The molecule has 1 amide bonds. The zero-order valence-electron chi connectivity index (χ0n) is 16.8. The van der Waals surface area contributed by atoms with Gasteiger partial charge in [-0.3, -0.25) is 4.79 Å². The van der Waals surface area contributed by atoms with Crippen molar-refractivity contribution in [3.05, 3.63) is 54.0 Å². The van der Waals surface area contributed by atoms with Crippen molar-refractivity contribution in [1.82, 2.24) is 19.9 Å². The summed E-state index contributed by atoms with van der Waals surface area (Å²) < 4.78 is 0. The van der Waals surface area contributed by atoms with Gasteiger partial charge in [-0.15, -0.1) is 0 Å². The zero-order valence-corrected chi connectivity index (χ0v) is 16.8. The third kappa shape index (κ3) is 3.61. The summed E-state index contributed by atoms with van der Waals surface area (Å²) in [5.74, 6) is 1.17. The summed E-state index contributed by atoms with van der Waals surface area (Å²) in [7, 11) is 0. The maximum atomic E-state index is 13.0. The van der Waals surface area contributed by atoms with Crippen LogP contribution in [0.3, 0.4) is 0 Å². The SMILES string of the molecule is N#Cc1ccc(CCC(=O)N2CCN(c3ncnc4[nH]ccc34)CC3(CC3)C2)cc1. The van der Waals surface area contributed by atoms with Crippen molar-refractivity contribution >= 4 is 22.8 Å². The Morgan fingerprint density at radius 1 is 1.13 bits per heavy atom. The molecule has 3 aromatic rings. The van der Waals surface area contributed by atoms with Gasteiger partial charge in [0.05, 0.1) is 17.0 Å². The normalized spacial score (nSPS) is 17.7. The lowest BCUT2D eigenvalue weighted by atomic mass is 10.0. The molecule has 7 nitrogen and oxygen atoms in total. The summed E-state index contributed by atoms with van der Waals surface area (Å²) in [6, 6.07) is 11.7. The van der Waals surface area contributed by atoms with Crippen LogP contribution < -0.4 is 4.90 Å². The molecule has 0 unspecified atom stereocenters. The van der Waals surface area contributed by atoms with Crippen molar-refractivity contribution in [2.75, 3.05) is 31.1 Å². The Labute approximate surface area is 175 Å². The van der Waals surface area contributed by atoms with E-state index in [1.807, 2.05) is 41.4 Å². The number of anilines is 1. The first kappa shape index (κ1) is 18.6. The van der Waals surface area contributed by atoms with Crippen LogP contribution in [0.2, 0.25) is 0 Å². The molecule has 2 fully saturated rings. The fourth-order valence-corrected chi connectivity index (χ4v) is 4.41. The number of carbonyl (C=O) groups is 1. The molecule has 5 rings (SSSR count). The van der Waals surface area contributed by atoms with Crippen molar-refractivity contribution in [1.29, 1.82) is 5.26 Å². The van der Waals surface area contributed by atoms with Gasteiger partial charge >= 0.3 is 0 Å². The Morgan fingerprint density at radius 3 is 2.73 bits per heavy atom. The van der Waals surface area contributed by atoms with Gasteiger partial charge in [-0.2, -0.15) is 5.26 Å². The van der Waals surface area contributed by atoms with E-state index in [-0.39, 0.29) is 11.3 Å². The molecule has 1 saturated carbocycles. The first-order valence-electron chi connectivity index (χ1n) is 10.5. The molecule has 1 aliphatic carbocycles. The average Bonchev–Trinajstić information content (AvgIpc) is 3.42. The number of hydrogen-bond acceptors (Lipinski definition) is 5. The lowest BCUT2D eigenvalue weighted by molar-refractivity contribution is -0.131. The second kappa shape index (κ2) is 7.45. The maximum absolute atomic E-state index is 13.0. The number of aromatic nitrogens is 3. The Bertz CT molecular complexity index is 1110. The lowest BCUT2D eigenvalue weighted by Crippen LogP contribution is -2.36. The van der Waals surface area contributed by atoms with Gasteiger partial charge in [-0.25, -0.2) is 9.97 Å². The van der Waals surface area contributed by atoms with E-state index < -0.39 is 0 Å². The molecule has 1 aromatic carbocycles. The van der Waals surface area contributed by atoms with Crippen LogP contribution in [-0.2, 0) is 11.2 Å². The number of fused-ring (bicyclic) bond motifs is 1. The van der Waals surface area contributed by atoms with E-state index >= 15 is 0 Å². The largest absolute Gasteiger partial charge is 0.354 e. The number of nitrogens with one attached hydrogen (secondary N) is 1. The highest BCUT2D eigenvalue weighted by Crippen LogP contribution is 2.48. The minimum Gasteiger partial charge on any atom is -0.354 e. The number of nitrogens with zero attached hydrogens (tertiary/aromatic N) is 5. The van der Waals surface area contributed by atoms with Crippen molar-refractivity contribution in [2.24, 2.45) is 5.41 Å². The monoisotopic (exact) mass is 400 g/mol. The molecule has 0 radical (unpaired) electrons. The highest BCUT2D eigenvalue weighted by molar-refractivity contribution is 5.87. The fourth-order valence-electron chi connectivity index (χ4n) is 4.41. The van der Waals surface area contributed by atoms with E-state index in [1.54, 1.807) is 6.33 Å². The highest BCUT2D eigenvalue weighted by Gasteiger charge is 2.47. The van der Waals surface area contributed by atoms with E-state index in [1.165, 1.54) is 0 Å². The predicted molar refractivity (Wildman–Crippen MR) is 114 cm³/mol. The van der Waals surface area contributed by atoms with Gasteiger partial charge in [0.25, 0.3) is 0 Å². The highest BCUT2D eigenvalue weighted by atomic mass is 16.2. The third-order valence-electron chi connectivity index (χ3n) is 6.35. The number of carbonyl (C=O) groups excluding carboxylic acids is 1. The van der Waals surface area contributed by atoms with E-state index in [0.29, 0.717) is 24.9 Å². The summed E-state index contributed by atoms with van der Waals surface area (Å²) in [6.07, 6.45) is 7.02. The van der Waals surface area contributed by atoms with E-state index in [9.17, 15) is 4.79 Å². The van der Waals surface area contributed by atoms with Gasteiger partial charge in [-0.05, 0) is 43.0 Å². The molecule has 3 heterocycles. The quantitative estimate of drug-likeness (QED) is 0.727. The summed E-state index contributed by atoms with van der Waals surface area (Å²) in [5.41, 5.74) is 2.78. The molecule has 2 aromatic heterocycles. The second-order valence-corrected chi connectivity index (χ2v) is 8.48. The van der Waals surface area contributed by atoms with Crippen LogP contribution >= 0.6 is 0 Å². The van der Waals surface area contributed by atoms with E-state index in [0.717, 1.165) is 54.9 Å². The molecular formula is C23H24N6O. The van der Waals surface area contributed by atoms with Gasteiger partial charge in [0.2, 0.25) is 5.91 Å². The minimum atomic E-state index is 0.189. The number of nitriles is 1. The van der Waals surface area contributed by atoms with Gasteiger partial charge in [0.15, 0.2) is 0 Å².